The van der Waals surface area contributed by atoms with Crippen molar-refractivity contribution in [2.24, 2.45) is 0 Å². The number of ketones is 1. The molecule has 1 aromatic heterocycles. The fourth-order valence-electron chi connectivity index (χ4n) is 3.98. The Morgan fingerprint density at radius 1 is 1.03 bits per heavy atom. The monoisotopic (exact) mass is 582 g/mol. The van der Waals surface area contributed by atoms with Crippen molar-refractivity contribution in [1.82, 2.24) is 9.47 Å². The molecule has 0 saturated carbocycles. The van der Waals surface area contributed by atoms with E-state index >= 15 is 0 Å². The lowest BCUT2D eigenvalue weighted by Crippen LogP contribution is -2.33. The number of Topliss-reactive ketones (excluding diaryl/α,β-unsaturated/α-hetero) is 1. The molecule has 1 aliphatic heterocycles. The van der Waals surface area contributed by atoms with Gasteiger partial charge in [-0.1, -0.05) is 39.7 Å². The molecule has 0 aliphatic carbocycles. The number of benzene rings is 3. The van der Waals surface area contributed by atoms with Crippen molar-refractivity contribution < 1.29 is 18.8 Å². The van der Waals surface area contributed by atoms with Crippen LogP contribution in [0.5, 0.6) is 0 Å². The van der Waals surface area contributed by atoms with Crippen molar-refractivity contribution in [1.29, 1.82) is 0 Å². The lowest BCUT2D eigenvalue weighted by Gasteiger charge is -2.11. The first-order valence-corrected chi connectivity index (χ1v) is 12.8. The fraction of sp³-hybridized carbons (Fsp3) is 0.0741. The molecule has 2 heterocycles. The Labute approximate surface area is 223 Å². The molecule has 180 valence electrons. The first-order chi connectivity index (χ1) is 17.3. The van der Waals surface area contributed by atoms with Crippen LogP contribution in [0.25, 0.3) is 17.0 Å². The van der Waals surface area contributed by atoms with Gasteiger partial charge in [0.15, 0.2) is 5.78 Å². The number of carbonyl (C=O) groups excluding carboxylic acids is 3. The molecule has 0 N–H and O–H groups in total. The van der Waals surface area contributed by atoms with Crippen molar-refractivity contribution in [3.8, 4) is 0 Å². The van der Waals surface area contributed by atoms with Crippen molar-refractivity contribution in [3.63, 3.8) is 0 Å². The maximum atomic E-state index is 13.3. The molecule has 0 atom stereocenters. The molecule has 0 radical (unpaired) electrons. The molecule has 1 saturated heterocycles. The second-order valence-corrected chi connectivity index (χ2v) is 10.5. The highest BCUT2D eigenvalue weighted by Gasteiger charge is 2.36. The standard InChI is InChI=1S/C27H17BrClFN2O3S/c28-19-5-10-23-22(12-19)18(14-31(23)13-16-1-8-21(30)9-2-16)11-25-26(34)32(27(35)36-25)15-24(33)17-3-6-20(29)7-4-17/h1-12,14H,13,15H2/b25-11-. The molecule has 2 amide bonds. The average Bonchev–Trinajstić information content (AvgIpc) is 3.32. The molecule has 5 nitrogen and oxygen atoms in total. The maximum absolute atomic E-state index is 13.3. The van der Waals surface area contributed by atoms with E-state index in [9.17, 15) is 18.8 Å². The first kappa shape index (κ1) is 24.5. The van der Waals surface area contributed by atoms with E-state index in [2.05, 4.69) is 15.9 Å². The zero-order valence-corrected chi connectivity index (χ0v) is 21.7. The number of hydrogen-bond acceptors (Lipinski definition) is 4. The molecule has 3 aromatic carbocycles. The summed E-state index contributed by atoms with van der Waals surface area (Å²) in [6.07, 6.45) is 3.57. The topological polar surface area (TPSA) is 59.4 Å². The van der Waals surface area contributed by atoms with Crippen LogP contribution in [-0.2, 0) is 11.3 Å². The van der Waals surface area contributed by atoms with Crippen LogP contribution < -0.4 is 0 Å². The largest absolute Gasteiger partial charge is 0.342 e. The SMILES string of the molecule is O=C(CN1C(=O)S/C(=C\c2cn(Cc3ccc(F)cc3)c3ccc(Br)cc23)C1=O)c1ccc(Cl)cc1. The summed E-state index contributed by atoms with van der Waals surface area (Å²) < 4.78 is 16.2. The van der Waals surface area contributed by atoms with Gasteiger partial charge < -0.3 is 4.57 Å². The number of halogens is 3. The summed E-state index contributed by atoms with van der Waals surface area (Å²) in [4.78, 5) is 39.5. The van der Waals surface area contributed by atoms with Gasteiger partial charge in [-0.25, -0.2) is 4.39 Å². The van der Waals surface area contributed by atoms with Crippen LogP contribution in [0.3, 0.4) is 0 Å². The number of hydrogen-bond donors (Lipinski definition) is 0. The fourth-order valence-corrected chi connectivity index (χ4v) is 5.29. The Morgan fingerprint density at radius 2 is 1.75 bits per heavy atom. The zero-order chi connectivity index (χ0) is 25.4. The van der Waals surface area contributed by atoms with Crippen molar-refractivity contribution in [2.45, 2.75) is 6.54 Å². The number of thioether (sulfide) groups is 1. The zero-order valence-electron chi connectivity index (χ0n) is 18.6. The predicted molar refractivity (Wildman–Crippen MR) is 144 cm³/mol. The van der Waals surface area contributed by atoms with E-state index in [1.54, 1.807) is 42.5 Å². The minimum atomic E-state index is -0.512. The number of amides is 2. The van der Waals surface area contributed by atoms with Crippen molar-refractivity contribution in [2.75, 3.05) is 6.54 Å². The molecule has 4 aromatic rings. The number of aromatic nitrogens is 1. The highest BCUT2D eigenvalue weighted by atomic mass is 79.9. The third kappa shape index (κ3) is 5.02. The van der Waals surface area contributed by atoms with E-state index in [0.29, 0.717) is 17.1 Å². The van der Waals surface area contributed by atoms with Crippen LogP contribution in [-0.4, -0.2) is 32.9 Å². The summed E-state index contributed by atoms with van der Waals surface area (Å²) in [6, 6.07) is 18.4. The molecular formula is C27H17BrClFN2O3S. The minimum Gasteiger partial charge on any atom is -0.342 e. The number of imide groups is 1. The second-order valence-electron chi connectivity index (χ2n) is 8.20. The van der Waals surface area contributed by atoms with Gasteiger partial charge in [-0.2, -0.15) is 0 Å². The van der Waals surface area contributed by atoms with Crippen LogP contribution in [0.15, 0.2) is 82.3 Å². The van der Waals surface area contributed by atoms with Gasteiger partial charge in [0.05, 0.1) is 11.4 Å². The van der Waals surface area contributed by atoms with E-state index in [4.69, 9.17) is 11.6 Å². The second kappa shape index (κ2) is 10.0. The molecule has 9 heteroatoms. The molecule has 0 bridgehead atoms. The summed E-state index contributed by atoms with van der Waals surface area (Å²) in [7, 11) is 0. The summed E-state index contributed by atoms with van der Waals surface area (Å²) in [5, 5.41) is 0.881. The van der Waals surface area contributed by atoms with E-state index in [1.807, 2.05) is 29.0 Å². The molecule has 1 aliphatic rings. The van der Waals surface area contributed by atoms with Crippen LogP contribution in [0.2, 0.25) is 5.02 Å². The molecule has 5 rings (SSSR count). The van der Waals surface area contributed by atoms with Crippen molar-refractivity contribution in [3.05, 3.63) is 110 Å². The van der Waals surface area contributed by atoms with Gasteiger partial charge in [0.2, 0.25) is 0 Å². The molecule has 36 heavy (non-hydrogen) atoms. The molecule has 0 spiro atoms. The number of nitrogens with zero attached hydrogens (tertiary/aromatic N) is 2. The minimum absolute atomic E-state index is 0.240. The van der Waals surface area contributed by atoms with E-state index in [-0.39, 0.29) is 23.1 Å². The third-order valence-electron chi connectivity index (χ3n) is 5.77. The van der Waals surface area contributed by atoms with Crippen molar-refractivity contribution >= 4 is 73.2 Å². The Hall–Kier alpha value is -3.20. The quantitative estimate of drug-likeness (QED) is 0.178. The molecule has 1 fully saturated rings. The average molecular weight is 584 g/mol. The number of fused-ring (bicyclic) bond motifs is 1. The Balaban J connectivity index is 1.44. The van der Waals surface area contributed by atoms with Gasteiger partial charge >= 0.3 is 0 Å². The summed E-state index contributed by atoms with van der Waals surface area (Å²) in [5.74, 6) is -1.16. The van der Waals surface area contributed by atoms with E-state index < -0.39 is 11.1 Å². The predicted octanol–water partition coefficient (Wildman–Crippen LogP) is 7.16. The van der Waals surface area contributed by atoms with E-state index in [1.165, 1.54) is 12.1 Å². The van der Waals surface area contributed by atoms with Gasteiger partial charge in [0.1, 0.15) is 5.82 Å². The van der Waals surface area contributed by atoms with Crippen LogP contribution in [0.1, 0.15) is 21.5 Å². The maximum Gasteiger partial charge on any atom is 0.293 e. The summed E-state index contributed by atoms with van der Waals surface area (Å²) in [6.45, 7) is 0.158. The Bertz CT molecular complexity index is 1550. The number of rotatable bonds is 6. The van der Waals surface area contributed by atoms with E-state index in [0.717, 1.165) is 43.2 Å². The van der Waals surface area contributed by atoms with Gasteiger partial charge in [-0.15, -0.1) is 0 Å². The molecule has 0 unspecified atom stereocenters. The van der Waals surface area contributed by atoms with Gasteiger partial charge in [-0.05, 0) is 78.0 Å². The normalized spacial score (nSPS) is 14.9. The van der Waals surface area contributed by atoms with Gasteiger partial charge in [-0.3, -0.25) is 19.3 Å². The number of carbonyl (C=O) groups is 3. The first-order valence-electron chi connectivity index (χ1n) is 10.9. The summed E-state index contributed by atoms with van der Waals surface area (Å²) >= 11 is 10.2. The van der Waals surface area contributed by atoms with Gasteiger partial charge in [0, 0.05) is 44.3 Å². The highest BCUT2D eigenvalue weighted by molar-refractivity contribution is 9.10. The Kier molecular flexibility index (Phi) is 6.83. The Morgan fingerprint density at radius 3 is 2.47 bits per heavy atom. The smallest absolute Gasteiger partial charge is 0.293 e. The highest BCUT2D eigenvalue weighted by Crippen LogP contribution is 2.35. The van der Waals surface area contributed by atoms with Crippen LogP contribution in [0, 0.1) is 5.82 Å². The van der Waals surface area contributed by atoms with Gasteiger partial charge in [0.25, 0.3) is 11.1 Å². The molecular weight excluding hydrogens is 567 g/mol. The summed E-state index contributed by atoms with van der Waals surface area (Å²) in [5.41, 5.74) is 2.97. The lowest BCUT2D eigenvalue weighted by molar-refractivity contribution is -0.122. The van der Waals surface area contributed by atoms with Crippen LogP contribution >= 0.6 is 39.3 Å². The van der Waals surface area contributed by atoms with Crippen LogP contribution in [0.4, 0.5) is 9.18 Å². The lowest BCUT2D eigenvalue weighted by atomic mass is 10.1. The third-order valence-corrected chi connectivity index (χ3v) is 7.42.